The lowest BCUT2D eigenvalue weighted by atomic mass is 9.92. The second-order valence-corrected chi connectivity index (χ2v) is 8.12. The molecule has 1 saturated heterocycles. The molecule has 0 aliphatic carbocycles. The van der Waals surface area contributed by atoms with Gasteiger partial charge in [0.15, 0.2) is 11.5 Å². The molecule has 6 nitrogen and oxygen atoms in total. The molecule has 2 aromatic rings. The van der Waals surface area contributed by atoms with Crippen LogP contribution in [0.5, 0.6) is 11.5 Å². The van der Waals surface area contributed by atoms with Crippen molar-refractivity contribution in [1.82, 2.24) is 14.9 Å². The molecule has 0 saturated carbocycles. The lowest BCUT2D eigenvalue weighted by Gasteiger charge is -2.32. The van der Waals surface area contributed by atoms with Crippen LogP contribution in [0.2, 0.25) is 5.02 Å². The maximum atomic E-state index is 6.43. The number of nitrogen functional groups attached to an aromatic ring is 1. The molecule has 0 spiro atoms. The van der Waals surface area contributed by atoms with Crippen LogP contribution in [0.25, 0.3) is 0 Å². The smallest absolute Gasteiger partial charge is 0.179 e. The van der Waals surface area contributed by atoms with Gasteiger partial charge in [-0.3, -0.25) is 4.90 Å². The van der Waals surface area contributed by atoms with Crippen LogP contribution >= 0.6 is 11.6 Å². The van der Waals surface area contributed by atoms with Crippen molar-refractivity contribution in [2.75, 3.05) is 32.0 Å². The zero-order valence-electron chi connectivity index (χ0n) is 16.3. The zero-order chi connectivity index (χ0) is 19.5. The third kappa shape index (κ3) is 4.67. The number of piperidine rings is 1. The van der Waals surface area contributed by atoms with Crippen molar-refractivity contribution >= 4 is 17.4 Å². The van der Waals surface area contributed by atoms with Crippen molar-refractivity contribution in [3.63, 3.8) is 0 Å². The van der Waals surface area contributed by atoms with Gasteiger partial charge in [-0.05, 0) is 62.9 Å². The number of anilines is 1. The highest BCUT2D eigenvalue weighted by Gasteiger charge is 2.22. The van der Waals surface area contributed by atoms with Crippen LogP contribution in [0.3, 0.4) is 0 Å². The van der Waals surface area contributed by atoms with Crippen molar-refractivity contribution in [3.05, 3.63) is 40.3 Å². The largest absolute Gasteiger partial charge is 0.489 e. The molecule has 7 heteroatoms. The molecule has 0 radical (unpaired) electrons. The normalized spacial score (nSPS) is 18.1. The Morgan fingerprint density at radius 3 is 2.71 bits per heavy atom. The first-order valence-corrected chi connectivity index (χ1v) is 10.3. The summed E-state index contributed by atoms with van der Waals surface area (Å²) in [5.41, 5.74) is 8.08. The maximum Gasteiger partial charge on any atom is 0.179 e. The fraction of sp³-hybridized carbons (Fsp3) is 0.524. The van der Waals surface area contributed by atoms with Crippen LogP contribution in [-0.4, -0.2) is 41.2 Å². The van der Waals surface area contributed by atoms with Gasteiger partial charge < -0.3 is 15.2 Å². The first kappa shape index (κ1) is 19.3. The summed E-state index contributed by atoms with van der Waals surface area (Å²) in [5.74, 6) is 3.40. The average Bonchev–Trinajstić information content (AvgIpc) is 2.88. The fourth-order valence-corrected chi connectivity index (χ4v) is 4.33. The van der Waals surface area contributed by atoms with Gasteiger partial charge >= 0.3 is 0 Å². The van der Waals surface area contributed by atoms with Gasteiger partial charge in [0.1, 0.15) is 11.6 Å². The molecule has 0 bridgehead atoms. The van der Waals surface area contributed by atoms with E-state index in [1.807, 2.05) is 19.1 Å². The second-order valence-electron chi connectivity index (χ2n) is 7.71. The quantitative estimate of drug-likeness (QED) is 0.841. The van der Waals surface area contributed by atoms with Crippen LogP contribution in [-0.2, 0) is 13.0 Å². The molecular formula is C21H27ClN4O2. The number of hydrogen-bond donors (Lipinski definition) is 1. The Bertz CT molecular complexity index is 817. The first-order chi connectivity index (χ1) is 13.6. The monoisotopic (exact) mass is 402 g/mol. The Morgan fingerprint density at radius 2 is 1.93 bits per heavy atom. The van der Waals surface area contributed by atoms with E-state index in [1.54, 1.807) is 0 Å². The summed E-state index contributed by atoms with van der Waals surface area (Å²) < 4.78 is 11.5. The van der Waals surface area contributed by atoms with Gasteiger partial charge in [-0.2, -0.15) is 0 Å². The van der Waals surface area contributed by atoms with Crippen molar-refractivity contribution in [2.45, 2.75) is 39.2 Å². The van der Waals surface area contributed by atoms with Crippen molar-refractivity contribution in [3.8, 4) is 11.5 Å². The van der Waals surface area contributed by atoms with Crippen molar-refractivity contribution < 1.29 is 9.47 Å². The van der Waals surface area contributed by atoms with E-state index in [-0.39, 0.29) is 0 Å². The highest BCUT2D eigenvalue weighted by Crippen LogP contribution is 2.38. The average molecular weight is 403 g/mol. The number of fused-ring (bicyclic) bond motifs is 1. The van der Waals surface area contributed by atoms with E-state index < -0.39 is 0 Å². The van der Waals surface area contributed by atoms with Gasteiger partial charge in [0.2, 0.25) is 0 Å². The Kier molecular flexibility index (Phi) is 5.87. The molecule has 0 unspecified atom stereocenters. The highest BCUT2D eigenvalue weighted by molar-refractivity contribution is 6.32. The van der Waals surface area contributed by atoms with Crippen LogP contribution in [0.1, 0.15) is 36.3 Å². The van der Waals surface area contributed by atoms with Crippen molar-refractivity contribution in [2.24, 2.45) is 5.92 Å². The van der Waals surface area contributed by atoms with E-state index in [2.05, 4.69) is 20.9 Å². The summed E-state index contributed by atoms with van der Waals surface area (Å²) in [4.78, 5) is 11.2. The lowest BCUT2D eigenvalue weighted by molar-refractivity contribution is 0.176. The number of rotatable bonds is 4. The van der Waals surface area contributed by atoms with E-state index >= 15 is 0 Å². The van der Waals surface area contributed by atoms with E-state index in [4.69, 9.17) is 26.8 Å². The number of halogens is 1. The summed E-state index contributed by atoms with van der Waals surface area (Å²) in [6.45, 7) is 6.22. The topological polar surface area (TPSA) is 73.5 Å². The first-order valence-electron chi connectivity index (χ1n) is 9.97. The predicted molar refractivity (Wildman–Crippen MR) is 110 cm³/mol. The van der Waals surface area contributed by atoms with Gasteiger partial charge in [0.25, 0.3) is 0 Å². The van der Waals surface area contributed by atoms with Crippen LogP contribution in [0.15, 0.2) is 18.2 Å². The van der Waals surface area contributed by atoms with Gasteiger partial charge in [-0.1, -0.05) is 11.6 Å². The number of aryl methyl sites for hydroxylation is 1. The fourth-order valence-electron chi connectivity index (χ4n) is 4.04. The standard InChI is InChI=1S/C21H27ClN4O2/c1-14-24-17(12-20(23)25-14)9-15-3-5-26(6-4-15)13-16-10-18(22)21-19(11-16)27-7-2-8-28-21/h10-12,15H,2-9,13H2,1H3,(H2,23,24,25). The van der Waals surface area contributed by atoms with Gasteiger partial charge in [0, 0.05) is 24.7 Å². The van der Waals surface area contributed by atoms with Gasteiger partial charge in [-0.15, -0.1) is 0 Å². The molecule has 1 aromatic carbocycles. The Hall–Kier alpha value is -2.05. The molecule has 1 fully saturated rings. The maximum absolute atomic E-state index is 6.43. The third-order valence-electron chi connectivity index (χ3n) is 5.38. The summed E-state index contributed by atoms with van der Waals surface area (Å²) >= 11 is 6.43. The predicted octanol–water partition coefficient (Wildman–Crippen LogP) is 3.64. The van der Waals surface area contributed by atoms with E-state index in [1.165, 1.54) is 5.56 Å². The minimum Gasteiger partial charge on any atom is -0.489 e. The number of nitrogens with zero attached hydrogens (tertiary/aromatic N) is 3. The minimum absolute atomic E-state index is 0.561. The molecule has 2 aliphatic heterocycles. The molecule has 2 aliphatic rings. The second kappa shape index (κ2) is 8.53. The third-order valence-corrected chi connectivity index (χ3v) is 5.66. The van der Waals surface area contributed by atoms with Crippen LogP contribution < -0.4 is 15.2 Å². The van der Waals surface area contributed by atoms with Gasteiger partial charge in [-0.25, -0.2) is 9.97 Å². The molecular weight excluding hydrogens is 376 g/mol. The van der Waals surface area contributed by atoms with Crippen LogP contribution in [0.4, 0.5) is 5.82 Å². The number of hydrogen-bond acceptors (Lipinski definition) is 6. The highest BCUT2D eigenvalue weighted by atomic mass is 35.5. The van der Waals surface area contributed by atoms with Crippen molar-refractivity contribution in [1.29, 1.82) is 0 Å². The Labute approximate surface area is 171 Å². The lowest BCUT2D eigenvalue weighted by Crippen LogP contribution is -2.34. The SMILES string of the molecule is Cc1nc(N)cc(CC2CCN(Cc3cc(Cl)c4c(c3)OCCCO4)CC2)n1. The summed E-state index contributed by atoms with van der Waals surface area (Å²) in [6, 6.07) is 5.98. The summed E-state index contributed by atoms with van der Waals surface area (Å²) in [5, 5.41) is 0.640. The Balaban J connectivity index is 1.34. The molecule has 3 heterocycles. The molecule has 4 rings (SSSR count). The number of ether oxygens (including phenoxy) is 2. The zero-order valence-corrected chi connectivity index (χ0v) is 17.0. The van der Waals surface area contributed by atoms with Crippen LogP contribution in [0, 0.1) is 12.8 Å². The van der Waals surface area contributed by atoms with E-state index in [9.17, 15) is 0 Å². The Morgan fingerprint density at radius 1 is 1.14 bits per heavy atom. The number of nitrogens with two attached hydrogens (primary N) is 1. The molecule has 150 valence electrons. The minimum atomic E-state index is 0.561. The molecule has 0 amide bonds. The number of likely N-dealkylation sites (tertiary alicyclic amines) is 1. The summed E-state index contributed by atoms with van der Waals surface area (Å²) in [7, 11) is 0. The molecule has 0 atom stereocenters. The van der Waals surface area contributed by atoms with Gasteiger partial charge in [0.05, 0.1) is 18.2 Å². The number of benzene rings is 1. The summed E-state index contributed by atoms with van der Waals surface area (Å²) in [6.07, 6.45) is 4.16. The molecule has 2 N–H and O–H groups in total. The number of aromatic nitrogens is 2. The molecule has 1 aromatic heterocycles. The van der Waals surface area contributed by atoms with E-state index in [0.29, 0.717) is 35.7 Å². The van der Waals surface area contributed by atoms with E-state index in [0.717, 1.165) is 62.6 Å². The molecule has 28 heavy (non-hydrogen) atoms.